The summed E-state index contributed by atoms with van der Waals surface area (Å²) in [6.45, 7) is 3.39. The van der Waals surface area contributed by atoms with Gasteiger partial charge in [0.25, 0.3) is 5.91 Å². The lowest BCUT2D eigenvalue weighted by atomic mass is 10.2. The Morgan fingerprint density at radius 2 is 2.20 bits per heavy atom. The van der Waals surface area contributed by atoms with E-state index in [4.69, 9.17) is 5.73 Å². The van der Waals surface area contributed by atoms with Crippen molar-refractivity contribution in [2.75, 3.05) is 13.1 Å². The van der Waals surface area contributed by atoms with Gasteiger partial charge in [-0.1, -0.05) is 18.2 Å². The molecule has 104 valence electrons. The summed E-state index contributed by atoms with van der Waals surface area (Å²) in [5, 5.41) is 4.30. The minimum Gasteiger partial charge on any atom is -0.337 e. The van der Waals surface area contributed by atoms with E-state index in [0.29, 0.717) is 12.1 Å². The molecular formula is C15H18N4O. The van der Waals surface area contributed by atoms with E-state index in [2.05, 4.69) is 5.10 Å². The number of para-hydroxylation sites is 1. The van der Waals surface area contributed by atoms with Gasteiger partial charge in [0.15, 0.2) is 0 Å². The summed E-state index contributed by atoms with van der Waals surface area (Å²) < 4.78 is 1.75. The van der Waals surface area contributed by atoms with Crippen LogP contribution in [0.5, 0.6) is 0 Å². The number of hydrogen-bond acceptors (Lipinski definition) is 3. The molecule has 0 aliphatic carbocycles. The first-order valence-electron chi connectivity index (χ1n) is 6.80. The van der Waals surface area contributed by atoms with Crippen LogP contribution < -0.4 is 5.73 Å². The monoisotopic (exact) mass is 270 g/mol. The molecule has 1 aliphatic heterocycles. The average molecular weight is 270 g/mol. The zero-order chi connectivity index (χ0) is 14.1. The highest BCUT2D eigenvalue weighted by Crippen LogP contribution is 2.16. The van der Waals surface area contributed by atoms with Crippen LogP contribution in [0, 0.1) is 6.92 Å². The summed E-state index contributed by atoms with van der Waals surface area (Å²) in [7, 11) is 0. The molecule has 0 radical (unpaired) electrons. The van der Waals surface area contributed by atoms with E-state index in [-0.39, 0.29) is 11.9 Å². The molecule has 2 heterocycles. The van der Waals surface area contributed by atoms with Crippen molar-refractivity contribution < 1.29 is 4.79 Å². The minimum absolute atomic E-state index is 0.0118. The molecule has 0 saturated carbocycles. The van der Waals surface area contributed by atoms with E-state index < -0.39 is 0 Å². The van der Waals surface area contributed by atoms with Crippen molar-refractivity contribution in [3.8, 4) is 5.69 Å². The number of carbonyl (C=O) groups excluding carboxylic acids is 1. The summed E-state index contributed by atoms with van der Waals surface area (Å²) >= 11 is 0. The molecule has 0 spiro atoms. The van der Waals surface area contributed by atoms with E-state index in [1.54, 1.807) is 22.0 Å². The lowest BCUT2D eigenvalue weighted by Crippen LogP contribution is -2.31. The summed E-state index contributed by atoms with van der Waals surface area (Å²) in [4.78, 5) is 14.1. The van der Waals surface area contributed by atoms with Gasteiger partial charge in [0.05, 0.1) is 17.4 Å². The first-order valence-corrected chi connectivity index (χ1v) is 6.80. The highest BCUT2D eigenvalue weighted by atomic mass is 16.2. The van der Waals surface area contributed by atoms with Gasteiger partial charge in [-0.3, -0.25) is 4.79 Å². The maximum Gasteiger partial charge on any atom is 0.257 e. The van der Waals surface area contributed by atoms with E-state index in [1.165, 1.54) is 0 Å². The zero-order valence-corrected chi connectivity index (χ0v) is 11.5. The lowest BCUT2D eigenvalue weighted by Gasteiger charge is -2.14. The number of nitrogens with two attached hydrogens (primary N) is 1. The standard InChI is InChI=1S/C15H18N4O/c1-11-4-2-3-5-14(11)19-9-12(8-17-19)15(20)18-7-6-13(16)10-18/h2-5,8-9,13H,6-7,10,16H2,1H3. The quantitative estimate of drug-likeness (QED) is 0.896. The first-order chi connectivity index (χ1) is 9.65. The Kier molecular flexibility index (Phi) is 3.28. The van der Waals surface area contributed by atoms with Gasteiger partial charge >= 0.3 is 0 Å². The van der Waals surface area contributed by atoms with Gasteiger partial charge in [-0.05, 0) is 25.0 Å². The number of benzene rings is 1. The molecule has 20 heavy (non-hydrogen) atoms. The number of rotatable bonds is 2. The van der Waals surface area contributed by atoms with Crippen molar-refractivity contribution in [1.29, 1.82) is 0 Å². The molecule has 1 atom stereocenters. The van der Waals surface area contributed by atoms with Gasteiger partial charge < -0.3 is 10.6 Å². The SMILES string of the molecule is Cc1ccccc1-n1cc(C(=O)N2CCC(N)C2)cn1. The third-order valence-corrected chi connectivity index (χ3v) is 3.70. The van der Waals surface area contributed by atoms with E-state index in [9.17, 15) is 4.79 Å². The number of aromatic nitrogens is 2. The fourth-order valence-electron chi connectivity index (χ4n) is 2.54. The summed E-state index contributed by atoms with van der Waals surface area (Å²) in [5.41, 5.74) is 8.57. The van der Waals surface area contributed by atoms with Gasteiger partial charge in [-0.2, -0.15) is 5.10 Å². The molecule has 1 aromatic carbocycles. The number of aryl methyl sites for hydroxylation is 1. The van der Waals surface area contributed by atoms with Crippen molar-refractivity contribution in [2.45, 2.75) is 19.4 Å². The van der Waals surface area contributed by atoms with Gasteiger partial charge in [-0.15, -0.1) is 0 Å². The Morgan fingerprint density at radius 3 is 2.90 bits per heavy atom. The Labute approximate surface area is 118 Å². The second-order valence-electron chi connectivity index (χ2n) is 5.26. The van der Waals surface area contributed by atoms with Crippen LogP contribution in [0.2, 0.25) is 0 Å². The molecule has 1 saturated heterocycles. The second kappa shape index (κ2) is 5.09. The molecule has 2 aromatic rings. The average Bonchev–Trinajstić information content (AvgIpc) is 3.07. The first kappa shape index (κ1) is 12.9. The van der Waals surface area contributed by atoms with Crippen molar-refractivity contribution in [3.05, 3.63) is 47.8 Å². The molecule has 1 fully saturated rings. The van der Waals surface area contributed by atoms with Crippen molar-refractivity contribution in [3.63, 3.8) is 0 Å². The summed E-state index contributed by atoms with van der Waals surface area (Å²) in [5.74, 6) is 0.0118. The molecule has 1 aliphatic rings. The smallest absolute Gasteiger partial charge is 0.257 e. The zero-order valence-electron chi connectivity index (χ0n) is 11.5. The van der Waals surface area contributed by atoms with Crippen molar-refractivity contribution in [2.24, 2.45) is 5.73 Å². The molecule has 3 rings (SSSR count). The van der Waals surface area contributed by atoms with Crippen LogP contribution >= 0.6 is 0 Å². The van der Waals surface area contributed by atoms with E-state index in [1.807, 2.05) is 31.2 Å². The van der Waals surface area contributed by atoms with Crippen LogP contribution in [0.25, 0.3) is 5.69 Å². The van der Waals surface area contributed by atoms with Gasteiger partial charge in [0.1, 0.15) is 0 Å². The van der Waals surface area contributed by atoms with Gasteiger partial charge in [-0.25, -0.2) is 4.68 Å². The summed E-state index contributed by atoms with van der Waals surface area (Å²) in [6.07, 6.45) is 4.28. The third-order valence-electron chi connectivity index (χ3n) is 3.70. The number of likely N-dealkylation sites (tertiary alicyclic amines) is 1. The van der Waals surface area contributed by atoms with Crippen LogP contribution in [-0.4, -0.2) is 39.7 Å². The maximum atomic E-state index is 12.3. The van der Waals surface area contributed by atoms with Crippen LogP contribution in [0.4, 0.5) is 0 Å². The molecule has 2 N–H and O–H groups in total. The lowest BCUT2D eigenvalue weighted by molar-refractivity contribution is 0.0791. The number of amides is 1. The maximum absolute atomic E-state index is 12.3. The molecule has 5 nitrogen and oxygen atoms in total. The Morgan fingerprint density at radius 1 is 1.40 bits per heavy atom. The normalized spacial score (nSPS) is 18.5. The number of carbonyl (C=O) groups is 1. The van der Waals surface area contributed by atoms with Crippen LogP contribution in [0.1, 0.15) is 22.3 Å². The minimum atomic E-state index is 0.0118. The predicted molar refractivity (Wildman–Crippen MR) is 76.8 cm³/mol. The molecule has 0 bridgehead atoms. The highest BCUT2D eigenvalue weighted by molar-refractivity contribution is 5.94. The largest absolute Gasteiger partial charge is 0.337 e. The second-order valence-corrected chi connectivity index (χ2v) is 5.26. The molecule has 1 aromatic heterocycles. The molecular weight excluding hydrogens is 252 g/mol. The molecule has 1 amide bonds. The summed E-state index contributed by atoms with van der Waals surface area (Å²) in [6, 6.07) is 8.07. The number of hydrogen-bond donors (Lipinski definition) is 1. The van der Waals surface area contributed by atoms with Crippen molar-refractivity contribution in [1.82, 2.24) is 14.7 Å². The van der Waals surface area contributed by atoms with Crippen LogP contribution in [-0.2, 0) is 0 Å². The van der Waals surface area contributed by atoms with Crippen LogP contribution in [0.15, 0.2) is 36.7 Å². The number of nitrogens with zero attached hydrogens (tertiary/aromatic N) is 3. The fraction of sp³-hybridized carbons (Fsp3) is 0.333. The Bertz CT molecular complexity index is 634. The third kappa shape index (κ3) is 2.32. The Hall–Kier alpha value is -2.14. The van der Waals surface area contributed by atoms with E-state index in [0.717, 1.165) is 24.2 Å². The van der Waals surface area contributed by atoms with Crippen LogP contribution in [0.3, 0.4) is 0 Å². The molecule has 1 unspecified atom stereocenters. The predicted octanol–water partition coefficient (Wildman–Crippen LogP) is 1.35. The van der Waals surface area contributed by atoms with E-state index >= 15 is 0 Å². The van der Waals surface area contributed by atoms with Crippen molar-refractivity contribution >= 4 is 5.91 Å². The van der Waals surface area contributed by atoms with Gasteiger partial charge in [0.2, 0.25) is 0 Å². The van der Waals surface area contributed by atoms with Gasteiger partial charge in [0, 0.05) is 25.3 Å². The topological polar surface area (TPSA) is 64.2 Å². The molecule has 5 heteroatoms. The Balaban J connectivity index is 1.84. The fourth-order valence-corrected chi connectivity index (χ4v) is 2.54. The highest BCUT2D eigenvalue weighted by Gasteiger charge is 2.25.